The summed E-state index contributed by atoms with van der Waals surface area (Å²) in [6, 6.07) is 4.73. The molecule has 0 aromatic heterocycles. The van der Waals surface area contributed by atoms with Crippen molar-refractivity contribution in [2.75, 3.05) is 0 Å². The Hall–Kier alpha value is -2.18. The lowest BCUT2D eigenvalue weighted by Crippen LogP contribution is -2.33. The van der Waals surface area contributed by atoms with Crippen molar-refractivity contribution in [2.24, 2.45) is 5.92 Å². The van der Waals surface area contributed by atoms with Crippen molar-refractivity contribution in [3.63, 3.8) is 0 Å². The van der Waals surface area contributed by atoms with E-state index in [1.165, 1.54) is 12.1 Å². The molecule has 2 rings (SSSR count). The van der Waals surface area contributed by atoms with Crippen LogP contribution in [0.15, 0.2) is 36.0 Å². The predicted octanol–water partition coefficient (Wildman–Crippen LogP) is 2.98. The molecule has 21 heavy (non-hydrogen) atoms. The number of rotatable bonds is 2. The molecule has 1 N–H and O–H groups in total. The van der Waals surface area contributed by atoms with E-state index in [9.17, 15) is 27.2 Å². The Bertz CT molecular complexity index is 607. The summed E-state index contributed by atoms with van der Waals surface area (Å²) in [7, 11) is 0. The number of ketones is 1. The van der Waals surface area contributed by atoms with Crippen LogP contribution < -0.4 is 5.32 Å². The highest BCUT2D eigenvalue weighted by Gasteiger charge is 2.42. The first-order valence-corrected chi connectivity index (χ1v) is 6.13. The van der Waals surface area contributed by atoms with Crippen LogP contribution in [0.1, 0.15) is 23.2 Å². The summed E-state index contributed by atoms with van der Waals surface area (Å²) in [6.07, 6.45) is -4.61. The van der Waals surface area contributed by atoms with Gasteiger partial charge in [0.1, 0.15) is 5.82 Å². The van der Waals surface area contributed by atoms with E-state index in [2.05, 4.69) is 5.32 Å². The third kappa shape index (κ3) is 3.90. The minimum atomic E-state index is -4.50. The number of amides is 1. The molecule has 0 radical (unpaired) electrons. The molecule has 1 unspecified atom stereocenters. The molecule has 1 atom stereocenters. The lowest BCUT2D eigenvalue weighted by Gasteiger charge is -2.24. The molecule has 0 fully saturated rings. The van der Waals surface area contributed by atoms with Crippen LogP contribution in [-0.4, -0.2) is 17.9 Å². The van der Waals surface area contributed by atoms with Crippen LogP contribution in [0.25, 0.3) is 0 Å². The molecule has 1 aliphatic rings. The lowest BCUT2D eigenvalue weighted by atomic mass is 9.90. The molecule has 7 heteroatoms. The summed E-state index contributed by atoms with van der Waals surface area (Å²) in [5.74, 6) is -3.89. The van der Waals surface area contributed by atoms with Crippen LogP contribution in [-0.2, 0) is 4.79 Å². The summed E-state index contributed by atoms with van der Waals surface area (Å²) in [5, 5.41) is 2.23. The maximum Gasteiger partial charge on any atom is 0.392 e. The monoisotopic (exact) mass is 301 g/mol. The standard InChI is InChI=1S/C14H11F4NO2/c15-10-3-1-2-8(4-10)13(21)19-11-5-9(14(16,17)18)6-12(20)7-11/h1-4,7,9H,5-6H2,(H,19,21). The van der Waals surface area contributed by atoms with Crippen LogP contribution in [0.5, 0.6) is 0 Å². The number of hydrogen-bond donors (Lipinski definition) is 1. The summed E-state index contributed by atoms with van der Waals surface area (Å²) in [4.78, 5) is 23.1. The Labute approximate surface area is 117 Å². The number of alkyl halides is 3. The second kappa shape index (κ2) is 5.67. The zero-order valence-electron chi connectivity index (χ0n) is 10.7. The van der Waals surface area contributed by atoms with E-state index in [-0.39, 0.29) is 11.3 Å². The second-order valence-corrected chi connectivity index (χ2v) is 4.75. The molecule has 0 aliphatic heterocycles. The number of carbonyl (C=O) groups is 2. The zero-order valence-corrected chi connectivity index (χ0v) is 10.7. The maximum atomic E-state index is 13.0. The van der Waals surface area contributed by atoms with Crippen LogP contribution in [0.3, 0.4) is 0 Å². The summed E-state index contributed by atoms with van der Waals surface area (Å²) in [6.45, 7) is 0. The second-order valence-electron chi connectivity index (χ2n) is 4.75. The van der Waals surface area contributed by atoms with Gasteiger partial charge >= 0.3 is 6.18 Å². The molecule has 1 aromatic rings. The highest BCUT2D eigenvalue weighted by atomic mass is 19.4. The lowest BCUT2D eigenvalue weighted by molar-refractivity contribution is -0.178. The Balaban J connectivity index is 2.12. The van der Waals surface area contributed by atoms with Gasteiger partial charge < -0.3 is 5.32 Å². The first kappa shape index (κ1) is 15.2. The predicted molar refractivity (Wildman–Crippen MR) is 65.7 cm³/mol. The zero-order chi connectivity index (χ0) is 15.6. The van der Waals surface area contributed by atoms with Gasteiger partial charge in [0.15, 0.2) is 5.78 Å². The number of allylic oxidation sites excluding steroid dienone is 2. The SMILES string of the molecule is O=C1C=C(NC(=O)c2cccc(F)c2)CC(C(F)(F)F)C1. The number of benzene rings is 1. The van der Waals surface area contributed by atoms with Crippen molar-refractivity contribution >= 4 is 11.7 Å². The van der Waals surface area contributed by atoms with Gasteiger partial charge in [0.25, 0.3) is 5.91 Å². The average molecular weight is 301 g/mol. The van der Waals surface area contributed by atoms with Crippen molar-refractivity contribution in [3.05, 3.63) is 47.4 Å². The average Bonchev–Trinajstić information content (AvgIpc) is 2.37. The van der Waals surface area contributed by atoms with E-state index in [0.717, 1.165) is 18.2 Å². The molecular formula is C14H11F4NO2. The fourth-order valence-electron chi connectivity index (χ4n) is 2.06. The van der Waals surface area contributed by atoms with E-state index in [1.807, 2.05) is 0 Å². The van der Waals surface area contributed by atoms with Crippen LogP contribution in [0.2, 0.25) is 0 Å². The molecule has 112 valence electrons. The van der Waals surface area contributed by atoms with Crippen molar-refractivity contribution in [1.29, 1.82) is 0 Å². The Morgan fingerprint density at radius 3 is 2.57 bits per heavy atom. The number of halogens is 4. The normalized spacial score (nSPS) is 19.1. The molecular weight excluding hydrogens is 290 g/mol. The van der Waals surface area contributed by atoms with Crippen molar-refractivity contribution in [1.82, 2.24) is 5.32 Å². The maximum absolute atomic E-state index is 13.0. The van der Waals surface area contributed by atoms with E-state index < -0.39 is 42.4 Å². The minimum absolute atomic E-state index is 0.0301. The summed E-state index contributed by atoms with van der Waals surface area (Å²) in [5.41, 5.74) is -0.139. The number of hydrogen-bond acceptors (Lipinski definition) is 2. The van der Waals surface area contributed by atoms with Gasteiger partial charge in [-0.05, 0) is 24.6 Å². The van der Waals surface area contributed by atoms with Crippen molar-refractivity contribution in [3.8, 4) is 0 Å². The third-order valence-electron chi connectivity index (χ3n) is 3.07. The smallest absolute Gasteiger partial charge is 0.326 e. The molecule has 0 saturated carbocycles. The van der Waals surface area contributed by atoms with E-state index >= 15 is 0 Å². The van der Waals surface area contributed by atoms with Gasteiger partial charge in [-0.2, -0.15) is 13.2 Å². The first-order valence-electron chi connectivity index (χ1n) is 6.13. The highest BCUT2D eigenvalue weighted by Crippen LogP contribution is 2.35. The molecule has 1 amide bonds. The van der Waals surface area contributed by atoms with E-state index in [4.69, 9.17) is 0 Å². The van der Waals surface area contributed by atoms with Gasteiger partial charge in [-0.1, -0.05) is 6.07 Å². The third-order valence-corrected chi connectivity index (χ3v) is 3.07. The van der Waals surface area contributed by atoms with Crippen molar-refractivity contribution in [2.45, 2.75) is 19.0 Å². The number of nitrogens with one attached hydrogen (secondary N) is 1. The Kier molecular flexibility index (Phi) is 4.11. The molecule has 0 heterocycles. The van der Waals surface area contributed by atoms with Gasteiger partial charge in [-0.15, -0.1) is 0 Å². The van der Waals surface area contributed by atoms with Crippen molar-refractivity contribution < 1.29 is 27.2 Å². The van der Waals surface area contributed by atoms with Gasteiger partial charge in [0.2, 0.25) is 0 Å². The summed E-state index contributed by atoms with van der Waals surface area (Å²) < 4.78 is 51.0. The highest BCUT2D eigenvalue weighted by molar-refractivity contribution is 5.97. The fourth-order valence-corrected chi connectivity index (χ4v) is 2.06. The minimum Gasteiger partial charge on any atom is -0.326 e. The topological polar surface area (TPSA) is 46.2 Å². The Morgan fingerprint density at radius 1 is 1.24 bits per heavy atom. The van der Waals surface area contributed by atoms with Gasteiger partial charge in [0.05, 0.1) is 5.92 Å². The molecule has 0 bridgehead atoms. The van der Waals surface area contributed by atoms with Crippen LogP contribution in [0, 0.1) is 11.7 Å². The molecule has 0 spiro atoms. The van der Waals surface area contributed by atoms with E-state index in [1.54, 1.807) is 0 Å². The summed E-state index contributed by atoms with van der Waals surface area (Å²) >= 11 is 0. The fraction of sp³-hybridized carbons (Fsp3) is 0.286. The molecule has 3 nitrogen and oxygen atoms in total. The quantitative estimate of drug-likeness (QED) is 0.854. The van der Waals surface area contributed by atoms with Crippen LogP contribution >= 0.6 is 0 Å². The van der Waals surface area contributed by atoms with E-state index in [0.29, 0.717) is 0 Å². The Morgan fingerprint density at radius 2 is 1.95 bits per heavy atom. The van der Waals surface area contributed by atoms with Gasteiger partial charge in [-0.3, -0.25) is 9.59 Å². The largest absolute Gasteiger partial charge is 0.392 e. The molecule has 1 aromatic carbocycles. The first-order chi connectivity index (χ1) is 9.75. The van der Waals surface area contributed by atoms with Crippen LogP contribution in [0.4, 0.5) is 17.6 Å². The molecule has 1 aliphatic carbocycles. The molecule has 0 saturated heterocycles. The van der Waals surface area contributed by atoms with Gasteiger partial charge in [0, 0.05) is 23.8 Å². The van der Waals surface area contributed by atoms with Gasteiger partial charge in [-0.25, -0.2) is 4.39 Å². The number of carbonyl (C=O) groups excluding carboxylic acids is 2.